The molecule has 1 N–H and O–H groups in total. The molecule has 86 valence electrons. The van der Waals surface area contributed by atoms with Gasteiger partial charge in [-0.2, -0.15) is 0 Å². The topological polar surface area (TPSA) is 37.3 Å². The molecule has 0 saturated heterocycles. The Morgan fingerprint density at radius 3 is 2.56 bits per heavy atom. The average Bonchev–Trinajstić information content (AvgIpc) is 3.04. The van der Waals surface area contributed by atoms with Crippen molar-refractivity contribution in [2.75, 3.05) is 0 Å². The summed E-state index contributed by atoms with van der Waals surface area (Å²) >= 11 is 0. The van der Waals surface area contributed by atoms with Crippen LogP contribution >= 0.6 is 0 Å². The quantitative estimate of drug-likeness (QED) is 0.796. The molecular weight excluding hydrogens is 200 g/mol. The summed E-state index contributed by atoms with van der Waals surface area (Å²) in [5.41, 5.74) is 1.39. The third-order valence-corrected chi connectivity index (χ3v) is 3.44. The molecule has 0 radical (unpaired) electrons. The van der Waals surface area contributed by atoms with E-state index in [1.165, 1.54) is 18.4 Å². The van der Waals surface area contributed by atoms with Crippen molar-refractivity contribution in [3.05, 3.63) is 35.9 Å². The van der Waals surface area contributed by atoms with Gasteiger partial charge in [-0.1, -0.05) is 30.3 Å². The predicted molar refractivity (Wildman–Crippen MR) is 63.2 cm³/mol. The van der Waals surface area contributed by atoms with Crippen LogP contribution in [0.4, 0.5) is 0 Å². The van der Waals surface area contributed by atoms with Gasteiger partial charge in [-0.25, -0.2) is 0 Å². The number of benzene rings is 1. The fourth-order valence-electron chi connectivity index (χ4n) is 2.32. The highest BCUT2D eigenvalue weighted by Gasteiger charge is 2.35. The summed E-state index contributed by atoms with van der Waals surface area (Å²) < 4.78 is 0. The number of aliphatic carboxylic acids is 1. The summed E-state index contributed by atoms with van der Waals surface area (Å²) in [6.07, 6.45) is 4.80. The number of carboxylic acids is 1. The second kappa shape index (κ2) is 5.15. The van der Waals surface area contributed by atoms with Gasteiger partial charge in [-0.05, 0) is 43.1 Å². The van der Waals surface area contributed by atoms with E-state index in [1.807, 2.05) is 6.07 Å². The lowest BCUT2D eigenvalue weighted by molar-refractivity contribution is -0.137. The van der Waals surface area contributed by atoms with Crippen molar-refractivity contribution in [2.24, 2.45) is 11.8 Å². The van der Waals surface area contributed by atoms with Crippen LogP contribution in [-0.2, 0) is 11.2 Å². The lowest BCUT2D eigenvalue weighted by atomic mass is 10.1. The third-order valence-electron chi connectivity index (χ3n) is 3.44. The van der Waals surface area contributed by atoms with Crippen LogP contribution in [0.2, 0.25) is 0 Å². The van der Waals surface area contributed by atoms with Gasteiger partial charge in [-0.3, -0.25) is 4.79 Å². The van der Waals surface area contributed by atoms with Gasteiger partial charge in [0.15, 0.2) is 0 Å². The number of aryl methyl sites for hydroxylation is 1. The largest absolute Gasteiger partial charge is 0.481 e. The first kappa shape index (κ1) is 11.2. The number of hydrogen-bond donors (Lipinski definition) is 1. The minimum Gasteiger partial charge on any atom is -0.481 e. The Balaban J connectivity index is 1.64. The van der Waals surface area contributed by atoms with E-state index in [0.717, 1.165) is 18.8 Å². The Morgan fingerprint density at radius 1 is 1.19 bits per heavy atom. The maximum absolute atomic E-state index is 10.4. The summed E-state index contributed by atoms with van der Waals surface area (Å²) in [4.78, 5) is 10.4. The molecule has 0 spiro atoms. The number of rotatable bonds is 6. The van der Waals surface area contributed by atoms with E-state index in [1.54, 1.807) is 0 Å². The highest BCUT2D eigenvalue weighted by molar-refractivity contribution is 5.66. The van der Waals surface area contributed by atoms with Crippen molar-refractivity contribution >= 4 is 5.97 Å². The SMILES string of the molecule is O=C(O)CC[C@@H]1C[C@H]1CCc1ccccc1. The van der Waals surface area contributed by atoms with Gasteiger partial charge in [0.25, 0.3) is 0 Å². The van der Waals surface area contributed by atoms with Crippen LogP contribution in [0.3, 0.4) is 0 Å². The van der Waals surface area contributed by atoms with Gasteiger partial charge < -0.3 is 5.11 Å². The van der Waals surface area contributed by atoms with E-state index in [4.69, 9.17) is 5.11 Å². The van der Waals surface area contributed by atoms with Crippen LogP contribution in [0.5, 0.6) is 0 Å². The highest BCUT2D eigenvalue weighted by atomic mass is 16.4. The van der Waals surface area contributed by atoms with E-state index in [9.17, 15) is 4.79 Å². The fourth-order valence-corrected chi connectivity index (χ4v) is 2.32. The number of hydrogen-bond acceptors (Lipinski definition) is 1. The average molecular weight is 218 g/mol. The van der Waals surface area contributed by atoms with Crippen LogP contribution in [0, 0.1) is 11.8 Å². The molecule has 1 aliphatic carbocycles. The summed E-state index contributed by atoms with van der Waals surface area (Å²) in [5.74, 6) is 0.799. The molecule has 0 heterocycles. The standard InChI is InChI=1S/C14H18O2/c15-14(16)9-8-13-10-12(13)7-6-11-4-2-1-3-5-11/h1-5,12-13H,6-10H2,(H,15,16)/t12-,13-/m1/s1. The Kier molecular flexibility index (Phi) is 3.60. The lowest BCUT2D eigenvalue weighted by Gasteiger charge is -2.00. The van der Waals surface area contributed by atoms with Crippen molar-refractivity contribution in [3.63, 3.8) is 0 Å². The Labute approximate surface area is 96.3 Å². The molecule has 2 atom stereocenters. The van der Waals surface area contributed by atoms with Crippen molar-refractivity contribution in [1.29, 1.82) is 0 Å². The van der Waals surface area contributed by atoms with Crippen molar-refractivity contribution in [2.45, 2.75) is 32.1 Å². The van der Waals surface area contributed by atoms with Crippen LogP contribution in [0.15, 0.2) is 30.3 Å². The normalized spacial score (nSPS) is 23.0. The smallest absolute Gasteiger partial charge is 0.303 e. The van der Waals surface area contributed by atoms with E-state index in [-0.39, 0.29) is 0 Å². The maximum Gasteiger partial charge on any atom is 0.303 e. The highest BCUT2D eigenvalue weighted by Crippen LogP contribution is 2.44. The first-order chi connectivity index (χ1) is 7.75. The zero-order valence-corrected chi connectivity index (χ0v) is 9.43. The third kappa shape index (κ3) is 3.37. The Bertz CT molecular complexity index is 345. The molecule has 1 saturated carbocycles. The van der Waals surface area contributed by atoms with Crippen LogP contribution in [0.25, 0.3) is 0 Å². The molecule has 0 aromatic heterocycles. The molecule has 2 nitrogen and oxygen atoms in total. The molecule has 1 aromatic carbocycles. The number of carboxylic acid groups (broad SMARTS) is 1. The Hall–Kier alpha value is -1.31. The molecular formula is C14H18O2. The molecule has 1 fully saturated rings. The summed E-state index contributed by atoms with van der Waals surface area (Å²) in [6, 6.07) is 10.5. The van der Waals surface area contributed by atoms with Gasteiger partial charge >= 0.3 is 5.97 Å². The maximum atomic E-state index is 10.4. The van der Waals surface area contributed by atoms with Crippen LogP contribution < -0.4 is 0 Å². The van der Waals surface area contributed by atoms with E-state index >= 15 is 0 Å². The second-order valence-electron chi connectivity index (χ2n) is 4.71. The van der Waals surface area contributed by atoms with E-state index < -0.39 is 5.97 Å². The Morgan fingerprint density at radius 2 is 1.88 bits per heavy atom. The first-order valence-electron chi connectivity index (χ1n) is 6.01. The summed E-state index contributed by atoms with van der Waals surface area (Å²) in [5, 5.41) is 8.58. The molecule has 2 heteroatoms. The van der Waals surface area contributed by atoms with E-state index in [0.29, 0.717) is 12.3 Å². The lowest BCUT2D eigenvalue weighted by Crippen LogP contribution is -1.96. The van der Waals surface area contributed by atoms with E-state index in [2.05, 4.69) is 24.3 Å². The predicted octanol–water partition coefficient (Wildman–Crippen LogP) is 3.12. The van der Waals surface area contributed by atoms with Crippen molar-refractivity contribution < 1.29 is 9.90 Å². The minimum atomic E-state index is -0.659. The monoisotopic (exact) mass is 218 g/mol. The molecule has 0 unspecified atom stereocenters. The molecule has 1 aromatic rings. The van der Waals surface area contributed by atoms with Gasteiger partial charge in [0.2, 0.25) is 0 Å². The molecule has 0 bridgehead atoms. The second-order valence-corrected chi connectivity index (χ2v) is 4.71. The number of carbonyl (C=O) groups is 1. The van der Waals surface area contributed by atoms with Gasteiger partial charge in [0.1, 0.15) is 0 Å². The molecule has 1 aliphatic rings. The molecule has 0 aliphatic heterocycles. The fraction of sp³-hybridized carbons (Fsp3) is 0.500. The van der Waals surface area contributed by atoms with Gasteiger partial charge in [-0.15, -0.1) is 0 Å². The van der Waals surface area contributed by atoms with Crippen LogP contribution in [-0.4, -0.2) is 11.1 Å². The zero-order valence-electron chi connectivity index (χ0n) is 9.43. The van der Waals surface area contributed by atoms with Crippen molar-refractivity contribution in [3.8, 4) is 0 Å². The van der Waals surface area contributed by atoms with Crippen LogP contribution in [0.1, 0.15) is 31.2 Å². The summed E-state index contributed by atoms with van der Waals surface area (Å²) in [6.45, 7) is 0. The molecule has 16 heavy (non-hydrogen) atoms. The zero-order chi connectivity index (χ0) is 11.4. The molecule has 2 rings (SSSR count). The minimum absolute atomic E-state index is 0.340. The van der Waals surface area contributed by atoms with Gasteiger partial charge in [0, 0.05) is 6.42 Å². The van der Waals surface area contributed by atoms with Gasteiger partial charge in [0.05, 0.1) is 0 Å². The molecule has 0 amide bonds. The van der Waals surface area contributed by atoms with Crippen molar-refractivity contribution in [1.82, 2.24) is 0 Å². The first-order valence-corrected chi connectivity index (χ1v) is 6.01. The summed E-state index contributed by atoms with van der Waals surface area (Å²) in [7, 11) is 0.